The minimum atomic E-state index is 0. The summed E-state index contributed by atoms with van der Waals surface area (Å²) in [5.41, 5.74) is 5.97. The molecular formula is C14H29ClN2O2. The molecule has 1 aliphatic carbocycles. The van der Waals surface area contributed by atoms with E-state index in [9.17, 15) is 4.79 Å². The van der Waals surface area contributed by atoms with Gasteiger partial charge in [0.1, 0.15) is 0 Å². The molecule has 114 valence electrons. The van der Waals surface area contributed by atoms with E-state index >= 15 is 0 Å². The quantitative estimate of drug-likeness (QED) is 0.815. The Morgan fingerprint density at radius 3 is 2.63 bits per heavy atom. The van der Waals surface area contributed by atoms with Crippen LogP contribution in [0, 0.1) is 11.8 Å². The average molecular weight is 293 g/mol. The number of nitrogens with two attached hydrogens (primary N) is 1. The van der Waals surface area contributed by atoms with E-state index < -0.39 is 0 Å². The molecule has 2 N–H and O–H groups in total. The van der Waals surface area contributed by atoms with Crippen molar-refractivity contribution in [2.45, 2.75) is 45.6 Å². The van der Waals surface area contributed by atoms with E-state index in [2.05, 4.69) is 13.8 Å². The van der Waals surface area contributed by atoms with Crippen molar-refractivity contribution >= 4 is 18.3 Å². The molecule has 0 saturated heterocycles. The van der Waals surface area contributed by atoms with Crippen LogP contribution in [0.1, 0.15) is 39.5 Å². The van der Waals surface area contributed by atoms with Crippen molar-refractivity contribution in [1.82, 2.24) is 4.90 Å². The molecule has 19 heavy (non-hydrogen) atoms. The van der Waals surface area contributed by atoms with Gasteiger partial charge in [-0.15, -0.1) is 12.4 Å². The molecule has 4 nitrogen and oxygen atoms in total. The number of carbonyl (C=O) groups excluding carboxylic acids is 1. The van der Waals surface area contributed by atoms with E-state index in [0.717, 1.165) is 32.2 Å². The van der Waals surface area contributed by atoms with Gasteiger partial charge in [0.2, 0.25) is 5.91 Å². The first kappa shape index (κ1) is 18.7. The molecule has 1 fully saturated rings. The van der Waals surface area contributed by atoms with Gasteiger partial charge in [0.25, 0.3) is 0 Å². The maximum atomic E-state index is 12.5. The van der Waals surface area contributed by atoms with Gasteiger partial charge in [-0.05, 0) is 25.2 Å². The predicted molar refractivity (Wildman–Crippen MR) is 80.5 cm³/mol. The molecule has 0 aliphatic heterocycles. The van der Waals surface area contributed by atoms with E-state index in [4.69, 9.17) is 10.5 Å². The van der Waals surface area contributed by atoms with Crippen molar-refractivity contribution in [3.05, 3.63) is 0 Å². The van der Waals surface area contributed by atoms with E-state index in [-0.39, 0.29) is 30.3 Å². The highest BCUT2D eigenvalue weighted by Gasteiger charge is 2.28. The van der Waals surface area contributed by atoms with Crippen LogP contribution < -0.4 is 5.73 Å². The van der Waals surface area contributed by atoms with Crippen molar-refractivity contribution in [1.29, 1.82) is 0 Å². The van der Waals surface area contributed by atoms with Gasteiger partial charge < -0.3 is 15.4 Å². The van der Waals surface area contributed by atoms with Crippen molar-refractivity contribution in [2.75, 3.05) is 26.8 Å². The Morgan fingerprint density at radius 2 is 2.11 bits per heavy atom. The van der Waals surface area contributed by atoms with Crippen LogP contribution in [-0.4, -0.2) is 43.7 Å². The fourth-order valence-corrected chi connectivity index (χ4v) is 2.64. The molecule has 2 unspecified atom stereocenters. The van der Waals surface area contributed by atoms with Crippen LogP contribution >= 0.6 is 12.4 Å². The zero-order chi connectivity index (χ0) is 13.5. The third kappa shape index (κ3) is 6.59. The zero-order valence-corrected chi connectivity index (χ0v) is 13.2. The number of rotatable bonds is 6. The molecule has 0 aromatic carbocycles. The second-order valence-corrected chi connectivity index (χ2v) is 5.79. The second-order valence-electron chi connectivity index (χ2n) is 5.79. The minimum absolute atomic E-state index is 0. The number of ether oxygens (including phenoxy) is 1. The summed E-state index contributed by atoms with van der Waals surface area (Å²) < 4.78 is 5.09. The molecule has 0 bridgehead atoms. The molecule has 0 aromatic rings. The van der Waals surface area contributed by atoms with Crippen molar-refractivity contribution in [2.24, 2.45) is 17.6 Å². The first-order valence-corrected chi connectivity index (χ1v) is 7.08. The zero-order valence-electron chi connectivity index (χ0n) is 12.4. The van der Waals surface area contributed by atoms with Crippen LogP contribution in [0.5, 0.6) is 0 Å². The van der Waals surface area contributed by atoms with Crippen molar-refractivity contribution in [3.63, 3.8) is 0 Å². The number of amides is 1. The van der Waals surface area contributed by atoms with E-state index in [1.165, 1.54) is 0 Å². The van der Waals surface area contributed by atoms with E-state index in [1.54, 1.807) is 7.11 Å². The number of carbonyl (C=O) groups is 1. The van der Waals surface area contributed by atoms with Gasteiger partial charge in [-0.3, -0.25) is 4.79 Å². The molecule has 1 saturated carbocycles. The fraction of sp³-hybridized carbons (Fsp3) is 0.929. The van der Waals surface area contributed by atoms with Crippen LogP contribution in [-0.2, 0) is 9.53 Å². The SMILES string of the molecule is COCCN(CC(C)C)C(=O)C1CCCC(N)C1.Cl. The third-order valence-corrected chi connectivity index (χ3v) is 3.53. The molecule has 5 heteroatoms. The normalized spacial score (nSPS) is 23.0. The Kier molecular flexibility index (Phi) is 9.40. The summed E-state index contributed by atoms with van der Waals surface area (Å²) in [6.45, 7) is 6.39. The molecule has 0 heterocycles. The first-order valence-electron chi connectivity index (χ1n) is 7.08. The lowest BCUT2D eigenvalue weighted by molar-refractivity contribution is -0.138. The highest BCUT2D eigenvalue weighted by Crippen LogP contribution is 2.25. The average Bonchev–Trinajstić information content (AvgIpc) is 2.33. The Balaban J connectivity index is 0.00000324. The topological polar surface area (TPSA) is 55.6 Å². The van der Waals surface area contributed by atoms with Crippen LogP contribution in [0.2, 0.25) is 0 Å². The van der Waals surface area contributed by atoms with Crippen molar-refractivity contribution in [3.8, 4) is 0 Å². The largest absolute Gasteiger partial charge is 0.383 e. The monoisotopic (exact) mass is 292 g/mol. The summed E-state index contributed by atoms with van der Waals surface area (Å²) in [4.78, 5) is 14.5. The van der Waals surface area contributed by atoms with Crippen LogP contribution in [0.3, 0.4) is 0 Å². The summed E-state index contributed by atoms with van der Waals surface area (Å²) in [6.07, 6.45) is 3.98. The number of hydrogen-bond donors (Lipinski definition) is 1. The highest BCUT2D eigenvalue weighted by atomic mass is 35.5. The standard InChI is InChI=1S/C14H28N2O2.ClH/c1-11(2)10-16(7-8-18-3)14(17)12-5-4-6-13(15)9-12;/h11-13H,4-10,15H2,1-3H3;1H. The van der Waals surface area contributed by atoms with Crippen LogP contribution in [0.15, 0.2) is 0 Å². The first-order chi connectivity index (χ1) is 8.54. The van der Waals surface area contributed by atoms with Crippen LogP contribution in [0.25, 0.3) is 0 Å². The summed E-state index contributed by atoms with van der Waals surface area (Å²) >= 11 is 0. The second kappa shape index (κ2) is 9.56. The number of halogens is 1. The fourth-order valence-electron chi connectivity index (χ4n) is 2.64. The van der Waals surface area contributed by atoms with Crippen molar-refractivity contribution < 1.29 is 9.53 Å². The molecule has 1 aliphatic rings. The minimum Gasteiger partial charge on any atom is -0.383 e. The highest BCUT2D eigenvalue weighted by molar-refractivity contribution is 5.85. The van der Waals surface area contributed by atoms with Gasteiger partial charge in [-0.1, -0.05) is 20.3 Å². The molecule has 0 radical (unpaired) electrons. The lowest BCUT2D eigenvalue weighted by Crippen LogP contribution is -2.43. The number of methoxy groups -OCH3 is 1. The molecule has 1 amide bonds. The van der Waals surface area contributed by atoms with Gasteiger partial charge in [-0.2, -0.15) is 0 Å². The summed E-state index contributed by atoms with van der Waals surface area (Å²) in [7, 11) is 1.68. The Morgan fingerprint density at radius 1 is 1.42 bits per heavy atom. The van der Waals surface area contributed by atoms with Gasteiger partial charge in [-0.25, -0.2) is 0 Å². The molecule has 2 atom stereocenters. The van der Waals surface area contributed by atoms with E-state index in [0.29, 0.717) is 19.1 Å². The maximum absolute atomic E-state index is 12.5. The maximum Gasteiger partial charge on any atom is 0.225 e. The summed E-state index contributed by atoms with van der Waals surface area (Å²) in [5.74, 6) is 0.892. The Hall–Kier alpha value is -0.320. The Bertz CT molecular complexity index is 262. The summed E-state index contributed by atoms with van der Waals surface area (Å²) in [5, 5.41) is 0. The molecule has 0 spiro atoms. The lowest BCUT2D eigenvalue weighted by atomic mass is 9.85. The Labute approximate surface area is 123 Å². The smallest absolute Gasteiger partial charge is 0.225 e. The van der Waals surface area contributed by atoms with Gasteiger partial charge in [0.15, 0.2) is 0 Å². The summed E-state index contributed by atoms with van der Waals surface area (Å²) in [6, 6.07) is 0.205. The van der Waals surface area contributed by atoms with Gasteiger partial charge in [0.05, 0.1) is 6.61 Å². The molecule has 0 aromatic heterocycles. The van der Waals surface area contributed by atoms with E-state index in [1.807, 2.05) is 4.90 Å². The van der Waals surface area contributed by atoms with Gasteiger partial charge in [0, 0.05) is 32.2 Å². The van der Waals surface area contributed by atoms with Crippen LogP contribution in [0.4, 0.5) is 0 Å². The number of nitrogens with zero attached hydrogens (tertiary/aromatic N) is 1. The molecule has 1 rings (SSSR count). The third-order valence-electron chi connectivity index (χ3n) is 3.53. The molecular weight excluding hydrogens is 264 g/mol. The lowest BCUT2D eigenvalue weighted by Gasteiger charge is -2.32. The number of hydrogen-bond acceptors (Lipinski definition) is 3. The van der Waals surface area contributed by atoms with Gasteiger partial charge >= 0.3 is 0 Å². The predicted octanol–water partition coefficient (Wildman–Crippen LogP) is 2.06.